The number of rotatable bonds is 6. The first-order valence-corrected chi connectivity index (χ1v) is 10.2. The predicted molar refractivity (Wildman–Crippen MR) is 115 cm³/mol. The van der Waals surface area contributed by atoms with E-state index < -0.39 is 0 Å². The average Bonchev–Trinajstić information content (AvgIpc) is 2.66. The van der Waals surface area contributed by atoms with Crippen LogP contribution in [0.4, 0.5) is 11.8 Å². The van der Waals surface area contributed by atoms with Gasteiger partial charge in [0.1, 0.15) is 5.82 Å². The molecule has 0 saturated heterocycles. The lowest BCUT2D eigenvalue weighted by Gasteiger charge is -2.29. The minimum Gasteiger partial charge on any atom is -0.363 e. The summed E-state index contributed by atoms with van der Waals surface area (Å²) in [6, 6.07) is 7.12. The number of hydrogen-bond donors (Lipinski definition) is 2. The molecule has 2 aromatic rings. The zero-order chi connectivity index (χ0) is 20.1. The molecular formula is C20H25Cl2N5O. The molecule has 1 fully saturated rings. The van der Waals surface area contributed by atoms with Crippen molar-refractivity contribution >= 4 is 40.9 Å². The Morgan fingerprint density at radius 2 is 1.82 bits per heavy atom. The lowest BCUT2D eigenvalue weighted by atomic mass is 9.86. The zero-order valence-corrected chi connectivity index (χ0v) is 17.6. The van der Waals surface area contributed by atoms with Crippen molar-refractivity contribution in [3.05, 3.63) is 46.1 Å². The minimum atomic E-state index is -0.140. The Morgan fingerprint density at radius 1 is 1.14 bits per heavy atom. The van der Waals surface area contributed by atoms with Crippen LogP contribution in [0.2, 0.25) is 10.0 Å². The quantitative estimate of drug-likeness (QED) is 0.729. The monoisotopic (exact) mass is 421 g/mol. The van der Waals surface area contributed by atoms with Gasteiger partial charge in [-0.2, -0.15) is 4.98 Å². The Bertz CT molecular complexity index is 802. The van der Waals surface area contributed by atoms with Gasteiger partial charge in [-0.05, 0) is 55.9 Å². The van der Waals surface area contributed by atoms with Crippen LogP contribution >= 0.6 is 23.2 Å². The van der Waals surface area contributed by atoms with Crippen LogP contribution in [-0.4, -0.2) is 42.6 Å². The van der Waals surface area contributed by atoms with E-state index in [0.29, 0.717) is 40.1 Å². The van der Waals surface area contributed by atoms with Crippen molar-refractivity contribution in [2.75, 3.05) is 30.9 Å². The molecule has 1 aliphatic rings. The van der Waals surface area contributed by atoms with Crippen LogP contribution in [0.3, 0.4) is 0 Å². The van der Waals surface area contributed by atoms with Crippen LogP contribution in [0.25, 0.3) is 0 Å². The van der Waals surface area contributed by atoms with Crippen molar-refractivity contribution in [1.82, 2.24) is 15.3 Å². The fourth-order valence-corrected chi connectivity index (χ4v) is 3.91. The Labute approximate surface area is 175 Å². The first kappa shape index (κ1) is 20.7. The third-order valence-electron chi connectivity index (χ3n) is 4.96. The van der Waals surface area contributed by atoms with Crippen molar-refractivity contribution < 1.29 is 4.79 Å². The average molecular weight is 422 g/mol. The molecule has 1 aromatic carbocycles. The number of aromatic nitrogens is 2. The van der Waals surface area contributed by atoms with Crippen LogP contribution in [0.15, 0.2) is 30.5 Å². The summed E-state index contributed by atoms with van der Waals surface area (Å²) >= 11 is 11.9. The number of nitrogens with one attached hydrogen (secondary N) is 2. The highest BCUT2D eigenvalue weighted by molar-refractivity contribution is 6.35. The van der Waals surface area contributed by atoms with E-state index in [4.69, 9.17) is 23.2 Å². The highest BCUT2D eigenvalue weighted by Gasteiger charge is 2.22. The third-order valence-corrected chi connectivity index (χ3v) is 5.39. The maximum Gasteiger partial charge on any atom is 0.251 e. The fraction of sp³-hybridized carbons (Fsp3) is 0.450. The first-order valence-electron chi connectivity index (χ1n) is 9.42. The number of benzene rings is 1. The number of halogens is 2. The number of amides is 1. The van der Waals surface area contributed by atoms with Crippen molar-refractivity contribution in [1.29, 1.82) is 0 Å². The van der Waals surface area contributed by atoms with E-state index in [0.717, 1.165) is 31.5 Å². The van der Waals surface area contributed by atoms with E-state index in [2.05, 4.69) is 20.6 Å². The van der Waals surface area contributed by atoms with E-state index in [1.54, 1.807) is 24.4 Å². The first-order chi connectivity index (χ1) is 13.4. The van der Waals surface area contributed by atoms with Gasteiger partial charge in [0.2, 0.25) is 5.95 Å². The summed E-state index contributed by atoms with van der Waals surface area (Å²) in [7, 11) is 3.92. The molecule has 8 heteroatoms. The van der Waals surface area contributed by atoms with Gasteiger partial charge in [0.25, 0.3) is 5.91 Å². The molecule has 1 amide bonds. The minimum absolute atomic E-state index is 0.140. The molecule has 0 aliphatic heterocycles. The van der Waals surface area contributed by atoms with Crippen molar-refractivity contribution in [2.45, 2.75) is 31.7 Å². The molecule has 1 aliphatic carbocycles. The molecule has 3 rings (SSSR count). The summed E-state index contributed by atoms with van der Waals surface area (Å²) in [5.41, 5.74) is 0.491. The molecule has 0 radical (unpaired) electrons. The topological polar surface area (TPSA) is 70.2 Å². The van der Waals surface area contributed by atoms with E-state index >= 15 is 0 Å². The van der Waals surface area contributed by atoms with E-state index in [-0.39, 0.29) is 5.91 Å². The number of hydrogen-bond acceptors (Lipinski definition) is 5. The molecule has 0 spiro atoms. The summed E-state index contributed by atoms with van der Waals surface area (Å²) in [4.78, 5) is 23.1. The molecule has 1 heterocycles. The van der Waals surface area contributed by atoms with E-state index in [1.165, 1.54) is 0 Å². The molecule has 0 bridgehead atoms. The number of carbonyl (C=O) groups is 1. The van der Waals surface area contributed by atoms with Gasteiger partial charge in [-0.15, -0.1) is 0 Å². The van der Waals surface area contributed by atoms with Gasteiger partial charge < -0.3 is 15.5 Å². The molecule has 0 unspecified atom stereocenters. The molecule has 6 nitrogen and oxygen atoms in total. The molecule has 28 heavy (non-hydrogen) atoms. The lowest BCUT2D eigenvalue weighted by Crippen LogP contribution is -2.34. The van der Waals surface area contributed by atoms with Gasteiger partial charge in [0.05, 0.1) is 0 Å². The van der Waals surface area contributed by atoms with Crippen LogP contribution in [0.5, 0.6) is 0 Å². The fourth-order valence-electron chi connectivity index (χ4n) is 3.39. The standard InChI is InChI=1S/C20H25Cl2N5O/c1-27(2)18-7-8-23-20(26-18)25-17-5-3-13(4-6-17)12-24-19(28)14-9-15(21)11-16(22)10-14/h7-11,13,17H,3-6,12H2,1-2H3,(H,24,28)(H,23,25,26). The summed E-state index contributed by atoms with van der Waals surface area (Å²) in [6.07, 6.45) is 5.91. The Hall–Kier alpha value is -2.05. The third kappa shape index (κ3) is 5.72. The van der Waals surface area contributed by atoms with Gasteiger partial charge in [-0.1, -0.05) is 23.2 Å². The molecule has 1 aromatic heterocycles. The number of carbonyl (C=O) groups excluding carboxylic acids is 1. The van der Waals surface area contributed by atoms with Gasteiger partial charge in [-0.3, -0.25) is 4.79 Å². The van der Waals surface area contributed by atoms with E-state index in [9.17, 15) is 4.79 Å². The van der Waals surface area contributed by atoms with Crippen molar-refractivity contribution in [3.8, 4) is 0 Å². The molecule has 2 N–H and O–H groups in total. The van der Waals surface area contributed by atoms with Crippen molar-refractivity contribution in [2.24, 2.45) is 5.92 Å². The predicted octanol–water partition coefficient (Wildman–Crippen LogP) is 4.25. The van der Waals surface area contributed by atoms with Crippen LogP contribution in [-0.2, 0) is 0 Å². The summed E-state index contributed by atoms with van der Waals surface area (Å²) < 4.78 is 0. The molecule has 0 atom stereocenters. The van der Waals surface area contributed by atoms with Gasteiger partial charge in [0, 0.05) is 48.5 Å². The molecule has 1 saturated carbocycles. The summed E-state index contributed by atoms with van der Waals surface area (Å²) in [5.74, 6) is 1.88. The smallest absolute Gasteiger partial charge is 0.251 e. The highest BCUT2D eigenvalue weighted by Crippen LogP contribution is 2.26. The summed E-state index contributed by atoms with van der Waals surface area (Å²) in [6.45, 7) is 0.655. The van der Waals surface area contributed by atoms with Crippen LogP contribution in [0.1, 0.15) is 36.0 Å². The van der Waals surface area contributed by atoms with Crippen LogP contribution < -0.4 is 15.5 Å². The maximum absolute atomic E-state index is 12.3. The van der Waals surface area contributed by atoms with Crippen LogP contribution in [0, 0.1) is 5.92 Å². The highest BCUT2D eigenvalue weighted by atomic mass is 35.5. The Morgan fingerprint density at radius 3 is 2.46 bits per heavy atom. The Kier molecular flexibility index (Phi) is 6.97. The zero-order valence-electron chi connectivity index (χ0n) is 16.1. The normalized spacial score (nSPS) is 19.1. The van der Waals surface area contributed by atoms with E-state index in [1.807, 2.05) is 25.1 Å². The maximum atomic E-state index is 12.3. The largest absolute Gasteiger partial charge is 0.363 e. The van der Waals surface area contributed by atoms with Gasteiger partial charge in [-0.25, -0.2) is 4.98 Å². The van der Waals surface area contributed by atoms with Crippen molar-refractivity contribution in [3.63, 3.8) is 0 Å². The SMILES string of the molecule is CN(C)c1ccnc(NC2CCC(CNC(=O)c3cc(Cl)cc(Cl)c3)CC2)n1. The molecular weight excluding hydrogens is 397 g/mol. The second-order valence-corrected chi connectivity index (χ2v) is 8.24. The number of anilines is 2. The summed E-state index contributed by atoms with van der Waals surface area (Å²) in [5, 5.41) is 7.36. The molecule has 150 valence electrons. The van der Waals surface area contributed by atoms with Gasteiger partial charge in [0.15, 0.2) is 0 Å². The Balaban J connectivity index is 1.45. The second-order valence-electron chi connectivity index (χ2n) is 7.36. The van der Waals surface area contributed by atoms with Gasteiger partial charge >= 0.3 is 0 Å². The second kappa shape index (κ2) is 9.43. The lowest BCUT2D eigenvalue weighted by molar-refractivity contribution is 0.0943. The number of nitrogens with zero attached hydrogens (tertiary/aromatic N) is 3.